The SMILES string of the molecule is CCCC[n+]1cccc(CC)c1C. The topological polar surface area (TPSA) is 3.88 Å². The average molecular weight is 178 g/mol. The molecule has 1 rings (SSSR count). The van der Waals surface area contributed by atoms with E-state index in [0.717, 1.165) is 13.0 Å². The molecule has 0 aliphatic carbocycles. The summed E-state index contributed by atoms with van der Waals surface area (Å²) in [7, 11) is 0. The lowest BCUT2D eigenvalue weighted by molar-refractivity contribution is -0.703. The van der Waals surface area contributed by atoms with Gasteiger partial charge in [0.1, 0.15) is 6.54 Å². The van der Waals surface area contributed by atoms with Crippen LogP contribution in [0.3, 0.4) is 0 Å². The molecule has 1 aromatic rings. The highest BCUT2D eigenvalue weighted by Gasteiger charge is 2.08. The highest BCUT2D eigenvalue weighted by molar-refractivity contribution is 5.13. The van der Waals surface area contributed by atoms with Gasteiger partial charge in [0.05, 0.1) is 0 Å². The number of rotatable bonds is 4. The van der Waals surface area contributed by atoms with Crippen LogP contribution in [0.25, 0.3) is 0 Å². The van der Waals surface area contributed by atoms with Gasteiger partial charge >= 0.3 is 0 Å². The smallest absolute Gasteiger partial charge is 0.181 e. The first-order valence-corrected chi connectivity index (χ1v) is 5.27. The molecular weight excluding hydrogens is 158 g/mol. The summed E-state index contributed by atoms with van der Waals surface area (Å²) >= 11 is 0. The minimum absolute atomic E-state index is 1.14. The minimum Gasteiger partial charge on any atom is -0.202 e. The molecule has 0 aliphatic rings. The van der Waals surface area contributed by atoms with Gasteiger partial charge in [-0.15, -0.1) is 0 Å². The van der Waals surface area contributed by atoms with E-state index in [1.165, 1.54) is 24.1 Å². The average Bonchev–Trinajstić information content (AvgIpc) is 2.16. The lowest BCUT2D eigenvalue weighted by atomic mass is 10.1. The standard InChI is InChI=1S/C12H20N/c1-4-6-9-13-10-7-8-12(5-2)11(13)3/h7-8,10H,4-6,9H2,1-3H3/q+1. The molecule has 13 heavy (non-hydrogen) atoms. The van der Waals surface area contributed by atoms with Crippen LogP contribution in [-0.4, -0.2) is 0 Å². The van der Waals surface area contributed by atoms with E-state index in [4.69, 9.17) is 0 Å². The predicted molar refractivity (Wildman–Crippen MR) is 55.7 cm³/mol. The number of hydrogen-bond donors (Lipinski definition) is 0. The third-order valence-electron chi connectivity index (χ3n) is 2.59. The Balaban J connectivity index is 2.81. The Morgan fingerprint density at radius 2 is 2.08 bits per heavy atom. The van der Waals surface area contributed by atoms with Crippen LogP contribution in [0.15, 0.2) is 18.3 Å². The molecule has 0 amide bonds. The van der Waals surface area contributed by atoms with Gasteiger partial charge in [0.25, 0.3) is 0 Å². The molecule has 0 radical (unpaired) electrons. The van der Waals surface area contributed by atoms with E-state index >= 15 is 0 Å². The third-order valence-corrected chi connectivity index (χ3v) is 2.59. The first-order valence-electron chi connectivity index (χ1n) is 5.27. The summed E-state index contributed by atoms with van der Waals surface area (Å²) < 4.78 is 2.36. The molecule has 1 heteroatoms. The van der Waals surface area contributed by atoms with Gasteiger partial charge in [0.2, 0.25) is 0 Å². The Kier molecular flexibility index (Phi) is 3.94. The zero-order valence-corrected chi connectivity index (χ0v) is 9.01. The van der Waals surface area contributed by atoms with Crippen molar-refractivity contribution in [3.63, 3.8) is 0 Å². The van der Waals surface area contributed by atoms with Crippen LogP contribution in [0.2, 0.25) is 0 Å². The monoisotopic (exact) mass is 178 g/mol. The van der Waals surface area contributed by atoms with E-state index < -0.39 is 0 Å². The predicted octanol–water partition coefficient (Wildman–Crippen LogP) is 2.65. The fourth-order valence-electron chi connectivity index (χ4n) is 1.62. The largest absolute Gasteiger partial charge is 0.202 e. The van der Waals surface area contributed by atoms with E-state index in [1.807, 2.05) is 0 Å². The molecule has 0 saturated heterocycles. The fourth-order valence-corrected chi connectivity index (χ4v) is 1.62. The summed E-state index contributed by atoms with van der Waals surface area (Å²) in [6, 6.07) is 4.37. The van der Waals surface area contributed by atoms with Crippen LogP contribution in [-0.2, 0) is 13.0 Å². The summed E-state index contributed by atoms with van der Waals surface area (Å²) in [5, 5.41) is 0. The van der Waals surface area contributed by atoms with Crippen molar-refractivity contribution in [3.05, 3.63) is 29.6 Å². The molecule has 0 unspecified atom stereocenters. The van der Waals surface area contributed by atoms with E-state index in [-0.39, 0.29) is 0 Å². The molecule has 0 fully saturated rings. The lowest BCUT2D eigenvalue weighted by Gasteiger charge is -2.03. The quantitative estimate of drug-likeness (QED) is 0.624. The summed E-state index contributed by atoms with van der Waals surface area (Å²) in [5.41, 5.74) is 2.90. The van der Waals surface area contributed by atoms with Gasteiger partial charge in [0.15, 0.2) is 11.9 Å². The van der Waals surface area contributed by atoms with Gasteiger partial charge in [-0.05, 0) is 12.5 Å². The second-order valence-corrected chi connectivity index (χ2v) is 3.52. The maximum Gasteiger partial charge on any atom is 0.181 e. The molecule has 0 spiro atoms. The molecule has 72 valence electrons. The van der Waals surface area contributed by atoms with Crippen molar-refractivity contribution in [3.8, 4) is 0 Å². The van der Waals surface area contributed by atoms with Gasteiger partial charge in [0, 0.05) is 25.0 Å². The van der Waals surface area contributed by atoms with Crippen LogP contribution >= 0.6 is 0 Å². The number of aromatic nitrogens is 1. The van der Waals surface area contributed by atoms with Crippen LogP contribution in [0.4, 0.5) is 0 Å². The van der Waals surface area contributed by atoms with Gasteiger partial charge in [-0.1, -0.05) is 20.3 Å². The molecule has 1 heterocycles. The van der Waals surface area contributed by atoms with E-state index in [1.54, 1.807) is 0 Å². The Labute approximate surface area is 81.4 Å². The molecule has 1 aromatic heterocycles. The normalized spacial score (nSPS) is 10.4. The van der Waals surface area contributed by atoms with Crippen molar-refractivity contribution in [2.24, 2.45) is 0 Å². The van der Waals surface area contributed by atoms with Crippen molar-refractivity contribution in [2.75, 3.05) is 0 Å². The van der Waals surface area contributed by atoms with Crippen LogP contribution in [0, 0.1) is 6.92 Å². The highest BCUT2D eigenvalue weighted by Crippen LogP contribution is 2.03. The van der Waals surface area contributed by atoms with Crippen molar-refractivity contribution in [1.82, 2.24) is 0 Å². The number of unbranched alkanes of at least 4 members (excludes halogenated alkanes) is 1. The van der Waals surface area contributed by atoms with Gasteiger partial charge in [-0.3, -0.25) is 0 Å². The zero-order chi connectivity index (χ0) is 9.68. The lowest BCUT2D eigenvalue weighted by Crippen LogP contribution is -2.37. The number of hydrogen-bond acceptors (Lipinski definition) is 0. The molecule has 1 nitrogen and oxygen atoms in total. The maximum atomic E-state index is 2.36. The van der Waals surface area contributed by atoms with Crippen molar-refractivity contribution >= 4 is 0 Å². The number of nitrogens with zero attached hydrogens (tertiary/aromatic N) is 1. The van der Waals surface area contributed by atoms with Crippen molar-refractivity contribution < 1.29 is 4.57 Å². The summed E-state index contributed by atoms with van der Waals surface area (Å²) in [6.07, 6.45) is 5.87. The van der Waals surface area contributed by atoms with E-state index in [9.17, 15) is 0 Å². The first kappa shape index (κ1) is 10.2. The van der Waals surface area contributed by atoms with Crippen LogP contribution in [0.1, 0.15) is 37.9 Å². The van der Waals surface area contributed by atoms with E-state index in [0.29, 0.717) is 0 Å². The van der Waals surface area contributed by atoms with Crippen molar-refractivity contribution in [1.29, 1.82) is 0 Å². The Hall–Kier alpha value is -0.850. The minimum atomic E-state index is 1.14. The van der Waals surface area contributed by atoms with Gasteiger partial charge < -0.3 is 0 Å². The first-order chi connectivity index (χ1) is 6.29. The Bertz CT molecular complexity index is 266. The zero-order valence-electron chi connectivity index (χ0n) is 9.01. The highest BCUT2D eigenvalue weighted by atomic mass is 14.9. The summed E-state index contributed by atoms with van der Waals surface area (Å²) in [5.74, 6) is 0. The fraction of sp³-hybridized carbons (Fsp3) is 0.583. The molecule has 0 bridgehead atoms. The van der Waals surface area contributed by atoms with Crippen LogP contribution < -0.4 is 4.57 Å². The Morgan fingerprint density at radius 3 is 2.69 bits per heavy atom. The molecule has 0 aromatic carbocycles. The number of aryl methyl sites for hydroxylation is 2. The second-order valence-electron chi connectivity index (χ2n) is 3.52. The molecule has 0 aliphatic heterocycles. The second kappa shape index (κ2) is 5.00. The maximum absolute atomic E-state index is 2.36. The van der Waals surface area contributed by atoms with Gasteiger partial charge in [-0.2, -0.15) is 0 Å². The molecule has 0 atom stereocenters. The summed E-state index contributed by atoms with van der Waals surface area (Å²) in [4.78, 5) is 0. The van der Waals surface area contributed by atoms with Crippen molar-refractivity contribution in [2.45, 2.75) is 46.6 Å². The summed E-state index contributed by atoms with van der Waals surface area (Å²) in [6.45, 7) is 7.83. The molecule has 0 N–H and O–H groups in total. The van der Waals surface area contributed by atoms with E-state index in [2.05, 4.69) is 43.7 Å². The van der Waals surface area contributed by atoms with Gasteiger partial charge in [-0.25, -0.2) is 4.57 Å². The van der Waals surface area contributed by atoms with Crippen LogP contribution in [0.5, 0.6) is 0 Å². The number of pyridine rings is 1. The molecule has 0 saturated carbocycles. The Morgan fingerprint density at radius 1 is 1.31 bits per heavy atom. The third kappa shape index (κ3) is 2.55. The molecular formula is C12H20N+.